The minimum Gasteiger partial charge on any atom is -0.399 e. The third-order valence-corrected chi connectivity index (χ3v) is 2.68. The van der Waals surface area contributed by atoms with E-state index in [1.807, 2.05) is 12.1 Å². The van der Waals surface area contributed by atoms with Crippen molar-refractivity contribution in [3.63, 3.8) is 0 Å². The molecule has 0 bridgehead atoms. The number of hydrogen-bond acceptors (Lipinski definition) is 3. The predicted molar refractivity (Wildman–Crippen MR) is 69.8 cm³/mol. The number of aliphatic hydroxyl groups is 1. The number of anilines is 2. The van der Waals surface area contributed by atoms with Gasteiger partial charge in [-0.1, -0.05) is 0 Å². The van der Waals surface area contributed by atoms with Crippen LogP contribution in [0.3, 0.4) is 0 Å². The molecule has 0 fully saturated rings. The predicted octanol–water partition coefficient (Wildman–Crippen LogP) is 2.18. The summed E-state index contributed by atoms with van der Waals surface area (Å²) in [6, 6.07) is 6.12. The van der Waals surface area contributed by atoms with Crippen LogP contribution in [0.25, 0.3) is 0 Å². The number of rotatable bonds is 6. The van der Waals surface area contributed by atoms with Crippen molar-refractivity contribution in [3.8, 4) is 0 Å². The molecule has 90 valence electrons. The number of hydrogen-bond donors (Lipinski definition) is 2. The van der Waals surface area contributed by atoms with E-state index < -0.39 is 0 Å². The number of nitrogens with zero attached hydrogens (tertiary/aromatic N) is 1. The molecule has 16 heavy (non-hydrogen) atoms. The standard InChI is InChI=1S/C13H22N2O/c1-11-8-12(14)10-13(9-11)15(2)6-4-3-5-7-16/h8-10,16H,3-7,14H2,1-2H3. The van der Waals surface area contributed by atoms with Crippen LogP contribution in [0.4, 0.5) is 11.4 Å². The number of nitrogens with two attached hydrogens (primary N) is 1. The van der Waals surface area contributed by atoms with E-state index in [4.69, 9.17) is 10.8 Å². The smallest absolute Gasteiger partial charge is 0.0431 e. The Morgan fingerprint density at radius 3 is 2.56 bits per heavy atom. The maximum Gasteiger partial charge on any atom is 0.0431 e. The van der Waals surface area contributed by atoms with E-state index in [0.29, 0.717) is 6.61 Å². The van der Waals surface area contributed by atoms with E-state index in [1.165, 1.54) is 11.3 Å². The highest BCUT2D eigenvalue weighted by Gasteiger charge is 2.02. The minimum absolute atomic E-state index is 0.293. The second kappa shape index (κ2) is 6.38. The molecular formula is C13H22N2O. The zero-order chi connectivity index (χ0) is 12.0. The third-order valence-electron chi connectivity index (χ3n) is 2.68. The van der Waals surface area contributed by atoms with Crippen molar-refractivity contribution in [1.29, 1.82) is 0 Å². The molecule has 3 heteroatoms. The molecule has 0 heterocycles. The van der Waals surface area contributed by atoms with Crippen LogP contribution in [0.2, 0.25) is 0 Å². The minimum atomic E-state index is 0.293. The Labute approximate surface area is 97.9 Å². The fourth-order valence-electron chi connectivity index (χ4n) is 1.78. The van der Waals surface area contributed by atoms with Gasteiger partial charge in [0.05, 0.1) is 0 Å². The quantitative estimate of drug-likeness (QED) is 0.573. The SMILES string of the molecule is Cc1cc(N)cc(N(C)CCCCCO)c1. The van der Waals surface area contributed by atoms with Gasteiger partial charge in [-0.2, -0.15) is 0 Å². The van der Waals surface area contributed by atoms with Crippen molar-refractivity contribution in [3.05, 3.63) is 23.8 Å². The van der Waals surface area contributed by atoms with Gasteiger partial charge in [0.15, 0.2) is 0 Å². The summed E-state index contributed by atoms with van der Waals surface area (Å²) in [5.41, 5.74) is 8.99. The first-order valence-electron chi connectivity index (χ1n) is 5.82. The molecule has 0 atom stereocenters. The molecule has 0 spiro atoms. The Morgan fingerprint density at radius 2 is 1.94 bits per heavy atom. The van der Waals surface area contributed by atoms with Crippen LogP contribution in [0.1, 0.15) is 24.8 Å². The van der Waals surface area contributed by atoms with E-state index in [2.05, 4.69) is 24.9 Å². The van der Waals surface area contributed by atoms with Gasteiger partial charge in [-0.25, -0.2) is 0 Å². The maximum absolute atomic E-state index is 8.69. The number of benzene rings is 1. The van der Waals surface area contributed by atoms with Gasteiger partial charge in [-0.3, -0.25) is 0 Å². The van der Waals surface area contributed by atoms with E-state index >= 15 is 0 Å². The molecule has 1 aromatic rings. The summed E-state index contributed by atoms with van der Waals surface area (Å²) >= 11 is 0. The molecule has 0 aliphatic carbocycles. The van der Waals surface area contributed by atoms with Crippen LogP contribution >= 0.6 is 0 Å². The van der Waals surface area contributed by atoms with Crippen LogP contribution in [-0.2, 0) is 0 Å². The Morgan fingerprint density at radius 1 is 1.19 bits per heavy atom. The fourth-order valence-corrected chi connectivity index (χ4v) is 1.78. The van der Waals surface area contributed by atoms with E-state index in [1.54, 1.807) is 0 Å². The largest absolute Gasteiger partial charge is 0.399 e. The molecule has 0 aromatic heterocycles. The topological polar surface area (TPSA) is 49.5 Å². The Balaban J connectivity index is 2.48. The van der Waals surface area contributed by atoms with Crippen molar-refractivity contribution >= 4 is 11.4 Å². The lowest BCUT2D eigenvalue weighted by atomic mass is 10.1. The second-order valence-electron chi connectivity index (χ2n) is 4.31. The number of unbranched alkanes of at least 4 members (excludes halogenated alkanes) is 2. The molecule has 0 unspecified atom stereocenters. The molecule has 3 N–H and O–H groups in total. The summed E-state index contributed by atoms with van der Waals surface area (Å²) in [5.74, 6) is 0. The van der Waals surface area contributed by atoms with Crippen LogP contribution in [0, 0.1) is 6.92 Å². The summed E-state index contributed by atoms with van der Waals surface area (Å²) in [7, 11) is 2.08. The average Bonchev–Trinajstić information content (AvgIpc) is 2.22. The van der Waals surface area contributed by atoms with Gasteiger partial charge in [0.1, 0.15) is 0 Å². The number of nitrogen functional groups attached to an aromatic ring is 1. The van der Waals surface area contributed by atoms with Gasteiger partial charge in [0, 0.05) is 31.6 Å². The first-order valence-corrected chi connectivity index (χ1v) is 5.82. The van der Waals surface area contributed by atoms with Gasteiger partial charge in [0.25, 0.3) is 0 Å². The van der Waals surface area contributed by atoms with Crippen molar-refractivity contribution in [1.82, 2.24) is 0 Å². The van der Waals surface area contributed by atoms with Crippen molar-refractivity contribution < 1.29 is 5.11 Å². The summed E-state index contributed by atoms with van der Waals surface area (Å²) in [6.07, 6.45) is 3.07. The Hall–Kier alpha value is -1.22. The molecule has 0 aliphatic rings. The first kappa shape index (κ1) is 12.8. The number of aryl methyl sites for hydroxylation is 1. The average molecular weight is 222 g/mol. The number of aliphatic hydroxyl groups excluding tert-OH is 1. The third kappa shape index (κ3) is 4.11. The highest BCUT2D eigenvalue weighted by atomic mass is 16.2. The molecule has 3 nitrogen and oxygen atoms in total. The van der Waals surface area contributed by atoms with E-state index in [-0.39, 0.29) is 0 Å². The highest BCUT2D eigenvalue weighted by molar-refractivity contribution is 5.57. The van der Waals surface area contributed by atoms with Crippen LogP contribution in [0.15, 0.2) is 18.2 Å². The van der Waals surface area contributed by atoms with Crippen LogP contribution < -0.4 is 10.6 Å². The van der Waals surface area contributed by atoms with Gasteiger partial charge in [-0.05, 0) is 49.9 Å². The summed E-state index contributed by atoms with van der Waals surface area (Å²) in [6.45, 7) is 3.35. The zero-order valence-electron chi connectivity index (χ0n) is 10.2. The van der Waals surface area contributed by atoms with E-state index in [0.717, 1.165) is 31.5 Å². The maximum atomic E-state index is 8.69. The van der Waals surface area contributed by atoms with Crippen molar-refractivity contribution in [2.24, 2.45) is 0 Å². The molecule has 0 saturated carbocycles. The van der Waals surface area contributed by atoms with Crippen LogP contribution in [0.5, 0.6) is 0 Å². The van der Waals surface area contributed by atoms with Crippen LogP contribution in [-0.4, -0.2) is 25.3 Å². The normalized spacial score (nSPS) is 10.4. The van der Waals surface area contributed by atoms with E-state index in [9.17, 15) is 0 Å². The van der Waals surface area contributed by atoms with Gasteiger partial charge in [0.2, 0.25) is 0 Å². The fraction of sp³-hybridized carbons (Fsp3) is 0.538. The molecule has 0 amide bonds. The molecule has 1 rings (SSSR count). The zero-order valence-corrected chi connectivity index (χ0v) is 10.2. The lowest BCUT2D eigenvalue weighted by molar-refractivity contribution is 0.283. The van der Waals surface area contributed by atoms with Gasteiger partial charge in [-0.15, -0.1) is 0 Å². The molecular weight excluding hydrogens is 200 g/mol. The summed E-state index contributed by atoms with van der Waals surface area (Å²) < 4.78 is 0. The Kier molecular flexibility index (Phi) is 5.12. The molecule has 0 aliphatic heterocycles. The summed E-state index contributed by atoms with van der Waals surface area (Å²) in [5, 5.41) is 8.69. The second-order valence-corrected chi connectivity index (χ2v) is 4.31. The first-order chi connectivity index (χ1) is 7.63. The van der Waals surface area contributed by atoms with Gasteiger partial charge >= 0.3 is 0 Å². The Bertz CT molecular complexity index is 305. The lowest BCUT2D eigenvalue weighted by Gasteiger charge is -2.20. The molecule has 0 saturated heterocycles. The van der Waals surface area contributed by atoms with Crippen molar-refractivity contribution in [2.45, 2.75) is 26.2 Å². The molecule has 1 aromatic carbocycles. The van der Waals surface area contributed by atoms with Gasteiger partial charge < -0.3 is 15.7 Å². The molecule has 0 radical (unpaired) electrons. The summed E-state index contributed by atoms with van der Waals surface area (Å²) in [4.78, 5) is 2.21. The highest BCUT2D eigenvalue weighted by Crippen LogP contribution is 2.19. The lowest BCUT2D eigenvalue weighted by Crippen LogP contribution is -2.18. The monoisotopic (exact) mass is 222 g/mol. The van der Waals surface area contributed by atoms with Crippen molar-refractivity contribution in [2.75, 3.05) is 30.8 Å².